The largest absolute Gasteiger partial charge is 0.462 e. The third-order valence-electron chi connectivity index (χ3n) is 15.3. The van der Waals surface area contributed by atoms with Crippen LogP contribution in [0.3, 0.4) is 0 Å². The van der Waals surface area contributed by atoms with E-state index in [0.29, 0.717) is 19.3 Å². The molecule has 0 fully saturated rings. The Morgan fingerprint density at radius 1 is 0.282 bits per heavy atom. The van der Waals surface area contributed by atoms with Crippen LogP contribution in [0.5, 0.6) is 0 Å². The second-order valence-corrected chi connectivity index (χ2v) is 23.6. The number of ether oxygens (including phenoxy) is 3. The molecule has 6 heteroatoms. The van der Waals surface area contributed by atoms with Gasteiger partial charge in [0.05, 0.1) is 0 Å². The summed E-state index contributed by atoms with van der Waals surface area (Å²) in [6.07, 6.45) is 60.9. The van der Waals surface area contributed by atoms with Gasteiger partial charge < -0.3 is 14.2 Å². The lowest BCUT2D eigenvalue weighted by molar-refractivity contribution is -0.167. The van der Waals surface area contributed by atoms with Crippen molar-refractivity contribution in [3.63, 3.8) is 0 Å². The van der Waals surface area contributed by atoms with E-state index in [4.69, 9.17) is 14.2 Å². The monoisotopic (exact) mass is 1000 g/mol. The van der Waals surface area contributed by atoms with E-state index in [2.05, 4.69) is 41.5 Å². The number of hydrogen-bond acceptors (Lipinski definition) is 6. The highest BCUT2D eigenvalue weighted by molar-refractivity contribution is 5.71. The Labute approximate surface area is 444 Å². The molecule has 1 unspecified atom stereocenters. The Kier molecular flexibility index (Phi) is 54.9. The van der Waals surface area contributed by atoms with Gasteiger partial charge in [0.15, 0.2) is 6.10 Å². The van der Waals surface area contributed by atoms with Gasteiger partial charge in [-0.05, 0) is 37.0 Å². The molecule has 0 aromatic heterocycles. The Bertz CT molecular complexity index is 1100. The van der Waals surface area contributed by atoms with Crippen molar-refractivity contribution >= 4 is 17.9 Å². The zero-order chi connectivity index (χ0) is 51.9. The van der Waals surface area contributed by atoms with Crippen LogP contribution in [0, 0.1) is 17.8 Å². The minimum absolute atomic E-state index is 0.0625. The maximum Gasteiger partial charge on any atom is 0.306 e. The van der Waals surface area contributed by atoms with Gasteiger partial charge in [0, 0.05) is 19.3 Å². The SMILES string of the molecule is CCC(C)CCCCCCCCCCCCCCCCC(=O)OC[C@@H](COC(=O)CCCCCCCCCCCCCCCCC(C)C)OC(=O)CCCCCCCCCCCCCCCCCC(C)C. The van der Waals surface area contributed by atoms with Crippen molar-refractivity contribution in [3.05, 3.63) is 0 Å². The quantitative estimate of drug-likeness (QED) is 0.0343. The first-order valence-corrected chi connectivity index (χ1v) is 32.1. The lowest BCUT2D eigenvalue weighted by Gasteiger charge is -2.18. The molecule has 0 rings (SSSR count). The molecule has 0 aromatic carbocycles. The molecule has 71 heavy (non-hydrogen) atoms. The maximum absolute atomic E-state index is 12.9. The van der Waals surface area contributed by atoms with E-state index >= 15 is 0 Å². The number of unbranched alkanes of at least 4 members (excludes halogenated alkanes) is 40. The minimum atomic E-state index is -0.765. The van der Waals surface area contributed by atoms with E-state index in [-0.39, 0.29) is 31.1 Å². The summed E-state index contributed by atoms with van der Waals surface area (Å²) in [5.74, 6) is 1.75. The second-order valence-electron chi connectivity index (χ2n) is 23.6. The molecule has 0 heterocycles. The molecule has 0 radical (unpaired) electrons. The zero-order valence-corrected chi connectivity index (χ0v) is 49.0. The van der Waals surface area contributed by atoms with Crippen LogP contribution in [-0.4, -0.2) is 37.2 Å². The van der Waals surface area contributed by atoms with Crippen molar-refractivity contribution in [1.82, 2.24) is 0 Å². The first-order chi connectivity index (χ1) is 34.6. The summed E-state index contributed by atoms with van der Waals surface area (Å²) >= 11 is 0. The van der Waals surface area contributed by atoms with Crippen molar-refractivity contribution in [1.29, 1.82) is 0 Å². The van der Waals surface area contributed by atoms with Crippen LogP contribution in [0.15, 0.2) is 0 Å². The summed E-state index contributed by atoms with van der Waals surface area (Å²) in [5.41, 5.74) is 0. The van der Waals surface area contributed by atoms with Gasteiger partial charge in [-0.3, -0.25) is 14.4 Å². The van der Waals surface area contributed by atoms with Gasteiger partial charge in [0.25, 0.3) is 0 Å². The van der Waals surface area contributed by atoms with E-state index in [1.54, 1.807) is 0 Å². The molecular weight excluding hydrogens is 877 g/mol. The van der Waals surface area contributed by atoms with Crippen molar-refractivity contribution in [2.24, 2.45) is 17.8 Å². The Morgan fingerprint density at radius 2 is 0.493 bits per heavy atom. The molecule has 0 N–H and O–H groups in total. The van der Waals surface area contributed by atoms with E-state index in [1.165, 1.54) is 244 Å². The van der Waals surface area contributed by atoms with Crippen LogP contribution in [0.1, 0.15) is 363 Å². The summed E-state index contributed by atoms with van der Waals surface area (Å²) < 4.78 is 17.0. The molecule has 0 aliphatic rings. The van der Waals surface area contributed by atoms with Crippen LogP contribution in [-0.2, 0) is 28.6 Å². The van der Waals surface area contributed by atoms with Gasteiger partial charge in [-0.25, -0.2) is 0 Å². The Morgan fingerprint density at radius 3 is 0.732 bits per heavy atom. The topological polar surface area (TPSA) is 78.9 Å². The minimum Gasteiger partial charge on any atom is -0.462 e. The predicted molar refractivity (Wildman–Crippen MR) is 307 cm³/mol. The van der Waals surface area contributed by atoms with Crippen LogP contribution >= 0.6 is 0 Å². The predicted octanol–water partition coefficient (Wildman–Crippen LogP) is 21.5. The Hall–Kier alpha value is -1.59. The maximum atomic E-state index is 12.9. The smallest absolute Gasteiger partial charge is 0.306 e. The summed E-state index contributed by atoms with van der Waals surface area (Å²) in [4.78, 5) is 38.3. The van der Waals surface area contributed by atoms with Crippen molar-refractivity contribution < 1.29 is 28.6 Å². The first kappa shape index (κ1) is 69.4. The summed E-state index contributed by atoms with van der Waals surface area (Å²) in [5, 5.41) is 0. The molecule has 0 aromatic rings. The number of rotatable bonds is 58. The van der Waals surface area contributed by atoms with Crippen molar-refractivity contribution in [3.8, 4) is 0 Å². The van der Waals surface area contributed by atoms with Crippen LogP contribution < -0.4 is 0 Å². The van der Waals surface area contributed by atoms with E-state index in [9.17, 15) is 14.4 Å². The highest BCUT2D eigenvalue weighted by Crippen LogP contribution is 2.19. The van der Waals surface area contributed by atoms with Gasteiger partial charge >= 0.3 is 17.9 Å². The van der Waals surface area contributed by atoms with E-state index in [1.807, 2.05) is 0 Å². The standard InChI is InChI=1S/C65H126O6/c1-7-61(6)53-47-41-35-29-23-17-12-14-19-25-31-37-43-49-55-64(67)70-58-62(57-69-63(66)54-48-42-36-30-24-18-13-11-16-22-28-34-40-46-52-60(4)5)71-65(68)56-50-44-38-32-26-20-10-8-9-15-21-27-33-39-45-51-59(2)3/h59-62H,7-58H2,1-6H3/t61?,62-/m1/s1. The molecule has 0 bridgehead atoms. The zero-order valence-electron chi connectivity index (χ0n) is 49.0. The number of esters is 3. The lowest BCUT2D eigenvalue weighted by Crippen LogP contribution is -2.30. The highest BCUT2D eigenvalue weighted by atomic mass is 16.6. The van der Waals surface area contributed by atoms with Gasteiger partial charge in [-0.1, -0.05) is 324 Å². The number of carbonyl (C=O) groups is 3. The first-order valence-electron chi connectivity index (χ1n) is 32.1. The van der Waals surface area contributed by atoms with E-state index in [0.717, 1.165) is 75.5 Å². The molecule has 0 aliphatic carbocycles. The van der Waals surface area contributed by atoms with Gasteiger partial charge in [0.2, 0.25) is 0 Å². The number of hydrogen-bond donors (Lipinski definition) is 0. The molecule has 0 amide bonds. The molecule has 0 aliphatic heterocycles. The molecule has 0 spiro atoms. The third kappa shape index (κ3) is 57.5. The van der Waals surface area contributed by atoms with Gasteiger partial charge in [-0.2, -0.15) is 0 Å². The molecule has 6 nitrogen and oxygen atoms in total. The van der Waals surface area contributed by atoms with Gasteiger partial charge in [-0.15, -0.1) is 0 Å². The van der Waals surface area contributed by atoms with Crippen LogP contribution in [0.2, 0.25) is 0 Å². The van der Waals surface area contributed by atoms with E-state index < -0.39 is 6.10 Å². The lowest BCUT2D eigenvalue weighted by atomic mass is 9.99. The van der Waals surface area contributed by atoms with Crippen LogP contribution in [0.25, 0.3) is 0 Å². The summed E-state index contributed by atoms with van der Waals surface area (Å²) in [6.45, 7) is 13.8. The highest BCUT2D eigenvalue weighted by Gasteiger charge is 2.19. The average Bonchev–Trinajstić information content (AvgIpc) is 3.35. The third-order valence-corrected chi connectivity index (χ3v) is 15.3. The molecule has 2 atom stereocenters. The second kappa shape index (κ2) is 56.1. The van der Waals surface area contributed by atoms with Crippen LogP contribution in [0.4, 0.5) is 0 Å². The molecule has 0 saturated heterocycles. The van der Waals surface area contributed by atoms with Gasteiger partial charge in [0.1, 0.15) is 13.2 Å². The van der Waals surface area contributed by atoms with Crippen molar-refractivity contribution in [2.75, 3.05) is 13.2 Å². The fourth-order valence-corrected chi connectivity index (χ4v) is 10.0. The number of carbonyl (C=O) groups excluding carboxylic acids is 3. The fourth-order valence-electron chi connectivity index (χ4n) is 10.0. The summed E-state index contributed by atoms with van der Waals surface area (Å²) in [6, 6.07) is 0. The average molecular weight is 1000 g/mol. The normalized spacial score (nSPS) is 12.5. The summed E-state index contributed by atoms with van der Waals surface area (Å²) in [7, 11) is 0. The Balaban J connectivity index is 4.30. The molecular formula is C65H126O6. The fraction of sp³-hybridized carbons (Fsp3) is 0.954. The molecule has 422 valence electrons. The molecule has 0 saturated carbocycles. The van der Waals surface area contributed by atoms with Crippen molar-refractivity contribution in [2.45, 2.75) is 369 Å².